The van der Waals surface area contributed by atoms with E-state index in [1.165, 1.54) is 30.2 Å². The van der Waals surface area contributed by atoms with Gasteiger partial charge in [-0.25, -0.2) is 0 Å². The number of hydrogen-bond acceptors (Lipinski definition) is 4. The number of nitrogens with zero attached hydrogens (tertiary/aromatic N) is 5. The Morgan fingerprint density at radius 3 is 2.52 bits per heavy atom. The fourth-order valence-corrected chi connectivity index (χ4v) is 3.68. The van der Waals surface area contributed by atoms with Gasteiger partial charge in [0.2, 0.25) is 0 Å². The van der Waals surface area contributed by atoms with Crippen LogP contribution in [0.5, 0.6) is 0 Å². The molecule has 0 amide bonds. The van der Waals surface area contributed by atoms with Crippen LogP contribution in [0, 0.1) is 0 Å². The van der Waals surface area contributed by atoms with E-state index in [0.717, 1.165) is 52.1 Å². The number of fused-ring (bicyclic) bond motifs is 1. The average molecular weight is 311 g/mol. The monoisotopic (exact) mass is 311 g/mol. The molecule has 2 aliphatic heterocycles. The minimum absolute atomic E-state index is 1.03. The van der Waals surface area contributed by atoms with Gasteiger partial charge in [0.25, 0.3) is 0 Å². The predicted molar refractivity (Wildman–Crippen MR) is 91.8 cm³/mol. The maximum Gasteiger partial charge on any atom is 0.134 e. The molecule has 4 rings (SSSR count). The molecule has 2 aliphatic rings. The molecule has 23 heavy (non-hydrogen) atoms. The van der Waals surface area contributed by atoms with E-state index in [4.69, 9.17) is 0 Å². The van der Waals surface area contributed by atoms with Crippen LogP contribution >= 0.6 is 0 Å². The fraction of sp³-hybridized carbons (Fsp3) is 0.556. The Morgan fingerprint density at radius 2 is 1.70 bits per heavy atom. The second-order valence-electron chi connectivity index (χ2n) is 6.56. The number of piperazine rings is 1. The summed E-state index contributed by atoms with van der Waals surface area (Å²) in [6.07, 6.45) is 4.66. The molecule has 2 aromatic rings. The zero-order valence-corrected chi connectivity index (χ0v) is 13.7. The Bertz CT molecular complexity index is 628. The molecule has 122 valence electrons. The van der Waals surface area contributed by atoms with Gasteiger partial charge in [0, 0.05) is 57.8 Å². The van der Waals surface area contributed by atoms with E-state index >= 15 is 0 Å². The minimum Gasteiger partial charge on any atom is -0.369 e. The van der Waals surface area contributed by atoms with Gasteiger partial charge in [-0.05, 0) is 25.0 Å². The van der Waals surface area contributed by atoms with Crippen molar-refractivity contribution in [3.8, 4) is 0 Å². The predicted octanol–water partition coefficient (Wildman–Crippen LogP) is 1.98. The van der Waals surface area contributed by atoms with Crippen molar-refractivity contribution in [2.45, 2.75) is 32.2 Å². The first-order valence-corrected chi connectivity index (χ1v) is 8.83. The highest BCUT2D eigenvalue weighted by Gasteiger charge is 2.19. The van der Waals surface area contributed by atoms with Crippen LogP contribution in [0.1, 0.15) is 24.5 Å². The van der Waals surface area contributed by atoms with Crippen molar-refractivity contribution >= 4 is 5.69 Å². The molecule has 1 saturated heterocycles. The summed E-state index contributed by atoms with van der Waals surface area (Å²) in [4.78, 5) is 5.04. The van der Waals surface area contributed by atoms with Gasteiger partial charge in [-0.3, -0.25) is 4.90 Å². The molecular formula is C18H25N5. The number of aryl methyl sites for hydroxylation is 1. The summed E-state index contributed by atoms with van der Waals surface area (Å²) in [5.74, 6) is 2.38. The lowest BCUT2D eigenvalue weighted by atomic mass is 10.1. The Balaban J connectivity index is 1.29. The van der Waals surface area contributed by atoms with Gasteiger partial charge in [0.1, 0.15) is 11.6 Å². The standard InChI is InChI=1S/C18H25N5/c1-2-6-16(7-3-1)22-14-12-21(13-15-22)11-9-18-20-19-17-8-4-5-10-23(17)18/h1-3,6-7H,4-5,8-15H2. The molecule has 0 unspecified atom stereocenters. The summed E-state index contributed by atoms with van der Waals surface area (Å²) in [5, 5.41) is 8.78. The number of para-hydroxylation sites is 1. The first kappa shape index (κ1) is 14.7. The molecule has 0 bridgehead atoms. The van der Waals surface area contributed by atoms with E-state index < -0.39 is 0 Å². The van der Waals surface area contributed by atoms with E-state index in [0.29, 0.717) is 0 Å². The molecule has 0 aliphatic carbocycles. The number of benzene rings is 1. The molecule has 0 N–H and O–H groups in total. The molecule has 3 heterocycles. The Morgan fingerprint density at radius 1 is 0.870 bits per heavy atom. The van der Waals surface area contributed by atoms with Crippen molar-refractivity contribution in [3.05, 3.63) is 42.0 Å². The van der Waals surface area contributed by atoms with Crippen molar-refractivity contribution in [1.82, 2.24) is 19.7 Å². The minimum atomic E-state index is 1.03. The summed E-state index contributed by atoms with van der Waals surface area (Å²) < 4.78 is 2.35. The molecule has 0 radical (unpaired) electrons. The lowest BCUT2D eigenvalue weighted by Crippen LogP contribution is -2.47. The van der Waals surface area contributed by atoms with Gasteiger partial charge in [-0.15, -0.1) is 10.2 Å². The normalized spacial score (nSPS) is 18.9. The summed E-state index contributed by atoms with van der Waals surface area (Å²) >= 11 is 0. The maximum atomic E-state index is 4.42. The van der Waals surface area contributed by atoms with Crippen LogP contribution in [-0.2, 0) is 19.4 Å². The molecular weight excluding hydrogens is 286 g/mol. The molecule has 0 saturated carbocycles. The average Bonchev–Trinajstić information content (AvgIpc) is 3.04. The van der Waals surface area contributed by atoms with E-state index in [9.17, 15) is 0 Å². The first-order valence-electron chi connectivity index (χ1n) is 8.83. The number of hydrogen-bond donors (Lipinski definition) is 0. The quantitative estimate of drug-likeness (QED) is 0.865. The van der Waals surface area contributed by atoms with Crippen LogP contribution in [0.3, 0.4) is 0 Å². The van der Waals surface area contributed by atoms with Crippen LogP contribution in [-0.4, -0.2) is 52.4 Å². The topological polar surface area (TPSA) is 37.2 Å². The zero-order chi connectivity index (χ0) is 15.5. The summed E-state index contributed by atoms with van der Waals surface area (Å²) in [6.45, 7) is 6.70. The Labute approximate surface area is 137 Å². The molecule has 1 fully saturated rings. The smallest absolute Gasteiger partial charge is 0.134 e. The largest absolute Gasteiger partial charge is 0.369 e. The Hall–Kier alpha value is -1.88. The SMILES string of the molecule is c1ccc(N2CCN(CCc3nnc4n3CCCC4)CC2)cc1. The highest BCUT2D eigenvalue weighted by molar-refractivity contribution is 5.46. The van der Waals surface area contributed by atoms with E-state index in [2.05, 4.69) is 54.9 Å². The van der Waals surface area contributed by atoms with Crippen LogP contribution < -0.4 is 4.90 Å². The van der Waals surface area contributed by atoms with Crippen LogP contribution in [0.4, 0.5) is 5.69 Å². The van der Waals surface area contributed by atoms with Crippen molar-refractivity contribution in [2.75, 3.05) is 37.6 Å². The second-order valence-corrected chi connectivity index (χ2v) is 6.56. The van der Waals surface area contributed by atoms with Crippen molar-refractivity contribution < 1.29 is 0 Å². The van der Waals surface area contributed by atoms with Crippen molar-refractivity contribution in [2.24, 2.45) is 0 Å². The van der Waals surface area contributed by atoms with E-state index in [1.54, 1.807) is 0 Å². The van der Waals surface area contributed by atoms with Gasteiger partial charge in [-0.2, -0.15) is 0 Å². The number of anilines is 1. The maximum absolute atomic E-state index is 4.42. The zero-order valence-electron chi connectivity index (χ0n) is 13.7. The number of rotatable bonds is 4. The van der Waals surface area contributed by atoms with E-state index in [-0.39, 0.29) is 0 Å². The van der Waals surface area contributed by atoms with Gasteiger partial charge in [-0.1, -0.05) is 18.2 Å². The summed E-state index contributed by atoms with van der Waals surface area (Å²) in [6, 6.07) is 10.7. The molecule has 1 aromatic heterocycles. The molecule has 5 nitrogen and oxygen atoms in total. The third kappa shape index (κ3) is 3.24. The van der Waals surface area contributed by atoms with Crippen LogP contribution in [0.15, 0.2) is 30.3 Å². The van der Waals surface area contributed by atoms with Gasteiger partial charge in [0.05, 0.1) is 0 Å². The first-order chi connectivity index (χ1) is 11.4. The Kier molecular flexibility index (Phi) is 4.28. The second kappa shape index (κ2) is 6.71. The summed E-state index contributed by atoms with van der Waals surface area (Å²) in [7, 11) is 0. The lowest BCUT2D eigenvalue weighted by molar-refractivity contribution is 0.258. The van der Waals surface area contributed by atoms with Crippen LogP contribution in [0.2, 0.25) is 0 Å². The van der Waals surface area contributed by atoms with Crippen molar-refractivity contribution in [1.29, 1.82) is 0 Å². The molecule has 0 spiro atoms. The number of aromatic nitrogens is 3. The molecule has 5 heteroatoms. The van der Waals surface area contributed by atoms with Gasteiger partial charge < -0.3 is 9.47 Å². The van der Waals surface area contributed by atoms with Gasteiger partial charge in [0.15, 0.2) is 0 Å². The molecule has 1 aromatic carbocycles. The molecule has 0 atom stereocenters. The van der Waals surface area contributed by atoms with Gasteiger partial charge >= 0.3 is 0 Å². The third-order valence-corrected chi connectivity index (χ3v) is 5.08. The summed E-state index contributed by atoms with van der Waals surface area (Å²) in [5.41, 5.74) is 1.35. The van der Waals surface area contributed by atoms with E-state index in [1.807, 2.05) is 0 Å². The third-order valence-electron chi connectivity index (χ3n) is 5.08. The highest BCUT2D eigenvalue weighted by Crippen LogP contribution is 2.17. The van der Waals surface area contributed by atoms with Crippen molar-refractivity contribution in [3.63, 3.8) is 0 Å². The van der Waals surface area contributed by atoms with Crippen LogP contribution in [0.25, 0.3) is 0 Å². The fourth-order valence-electron chi connectivity index (χ4n) is 3.68. The highest BCUT2D eigenvalue weighted by atomic mass is 15.3. The lowest BCUT2D eigenvalue weighted by Gasteiger charge is -2.36.